The number of anilines is 2. The maximum absolute atomic E-state index is 12.5. The molecular formula is C16H18N4O3. The Balaban J connectivity index is 1.83. The summed E-state index contributed by atoms with van der Waals surface area (Å²) in [6, 6.07) is 5.15. The van der Waals surface area contributed by atoms with Crippen molar-refractivity contribution in [1.82, 2.24) is 9.97 Å². The SMILES string of the molecule is CN(C)c1ncncc1NC(=O)c1ccc2c(c1)OCCCO2. The fourth-order valence-electron chi connectivity index (χ4n) is 2.27. The van der Waals surface area contributed by atoms with E-state index in [4.69, 9.17) is 9.47 Å². The molecule has 3 rings (SSSR count). The van der Waals surface area contributed by atoms with Crippen molar-refractivity contribution in [2.45, 2.75) is 6.42 Å². The third-order valence-corrected chi connectivity index (χ3v) is 3.37. The molecule has 1 amide bonds. The highest BCUT2D eigenvalue weighted by Crippen LogP contribution is 2.31. The molecule has 7 heteroatoms. The molecule has 120 valence electrons. The van der Waals surface area contributed by atoms with E-state index in [1.807, 2.05) is 19.0 Å². The van der Waals surface area contributed by atoms with Crippen LogP contribution in [-0.2, 0) is 0 Å². The fourth-order valence-corrected chi connectivity index (χ4v) is 2.27. The van der Waals surface area contributed by atoms with Gasteiger partial charge in [0.25, 0.3) is 5.91 Å². The maximum Gasteiger partial charge on any atom is 0.255 e. The van der Waals surface area contributed by atoms with Gasteiger partial charge in [0.2, 0.25) is 0 Å². The Hall–Kier alpha value is -2.83. The number of benzene rings is 1. The lowest BCUT2D eigenvalue weighted by molar-refractivity contribution is 0.102. The number of carbonyl (C=O) groups is 1. The number of hydrogen-bond acceptors (Lipinski definition) is 6. The molecule has 23 heavy (non-hydrogen) atoms. The molecule has 0 radical (unpaired) electrons. The minimum atomic E-state index is -0.251. The van der Waals surface area contributed by atoms with Gasteiger partial charge in [-0.15, -0.1) is 0 Å². The number of aromatic nitrogens is 2. The first-order valence-electron chi connectivity index (χ1n) is 7.33. The van der Waals surface area contributed by atoms with Crippen LogP contribution in [0.4, 0.5) is 11.5 Å². The monoisotopic (exact) mass is 314 g/mol. The molecule has 0 saturated heterocycles. The normalized spacial score (nSPS) is 13.1. The molecule has 1 aliphatic rings. The molecule has 0 fully saturated rings. The van der Waals surface area contributed by atoms with E-state index in [0.29, 0.717) is 41.8 Å². The molecule has 1 N–H and O–H groups in total. The predicted molar refractivity (Wildman–Crippen MR) is 86.4 cm³/mol. The Kier molecular flexibility index (Phi) is 4.27. The average molecular weight is 314 g/mol. The molecule has 1 aliphatic heterocycles. The van der Waals surface area contributed by atoms with Gasteiger partial charge in [-0.05, 0) is 18.2 Å². The molecule has 1 aromatic carbocycles. The van der Waals surface area contributed by atoms with Gasteiger partial charge in [0.1, 0.15) is 12.0 Å². The highest BCUT2D eigenvalue weighted by molar-refractivity contribution is 6.05. The van der Waals surface area contributed by atoms with Crippen LogP contribution in [0.5, 0.6) is 11.5 Å². The fraction of sp³-hybridized carbons (Fsp3) is 0.312. The second kappa shape index (κ2) is 6.51. The van der Waals surface area contributed by atoms with Crippen LogP contribution >= 0.6 is 0 Å². The Labute approximate surface area is 134 Å². The number of hydrogen-bond donors (Lipinski definition) is 1. The summed E-state index contributed by atoms with van der Waals surface area (Å²) in [6.45, 7) is 1.20. The molecule has 7 nitrogen and oxygen atoms in total. The zero-order valence-corrected chi connectivity index (χ0v) is 13.1. The Morgan fingerprint density at radius 3 is 2.78 bits per heavy atom. The lowest BCUT2D eigenvalue weighted by atomic mass is 10.2. The van der Waals surface area contributed by atoms with Gasteiger partial charge in [-0.25, -0.2) is 9.97 Å². The highest BCUT2D eigenvalue weighted by atomic mass is 16.5. The van der Waals surface area contributed by atoms with E-state index in [9.17, 15) is 4.79 Å². The number of rotatable bonds is 3. The third-order valence-electron chi connectivity index (χ3n) is 3.37. The lowest BCUT2D eigenvalue weighted by Crippen LogP contribution is -2.18. The highest BCUT2D eigenvalue weighted by Gasteiger charge is 2.16. The van der Waals surface area contributed by atoms with Gasteiger partial charge in [-0.2, -0.15) is 0 Å². The summed E-state index contributed by atoms with van der Waals surface area (Å²) < 4.78 is 11.2. The molecule has 0 atom stereocenters. The van der Waals surface area contributed by atoms with Gasteiger partial charge < -0.3 is 19.7 Å². The standard InChI is InChI=1S/C16H18N4O3/c1-20(2)15-12(9-17-10-18-15)19-16(21)11-4-5-13-14(8-11)23-7-3-6-22-13/h4-5,8-10H,3,6-7H2,1-2H3,(H,19,21). The molecule has 1 aromatic heterocycles. The predicted octanol–water partition coefficient (Wildman–Crippen LogP) is 1.96. The van der Waals surface area contributed by atoms with Gasteiger partial charge in [0.05, 0.1) is 19.4 Å². The number of amides is 1. The van der Waals surface area contributed by atoms with Crippen molar-refractivity contribution in [1.29, 1.82) is 0 Å². The van der Waals surface area contributed by atoms with E-state index in [-0.39, 0.29) is 5.91 Å². The largest absolute Gasteiger partial charge is 0.490 e. The number of ether oxygens (including phenoxy) is 2. The van der Waals surface area contributed by atoms with Crippen molar-refractivity contribution in [3.8, 4) is 11.5 Å². The summed E-state index contributed by atoms with van der Waals surface area (Å²) in [6.07, 6.45) is 3.84. The van der Waals surface area contributed by atoms with Crippen LogP contribution in [0, 0.1) is 0 Å². The van der Waals surface area contributed by atoms with Crippen LogP contribution in [0.2, 0.25) is 0 Å². The minimum absolute atomic E-state index is 0.251. The van der Waals surface area contributed by atoms with Crippen molar-refractivity contribution in [2.24, 2.45) is 0 Å². The van der Waals surface area contributed by atoms with Crippen LogP contribution in [0.3, 0.4) is 0 Å². The summed E-state index contributed by atoms with van der Waals surface area (Å²) in [7, 11) is 3.71. The van der Waals surface area contributed by atoms with E-state index in [1.54, 1.807) is 24.4 Å². The first-order chi connectivity index (χ1) is 11.1. The van der Waals surface area contributed by atoms with Crippen LogP contribution in [0.15, 0.2) is 30.7 Å². The van der Waals surface area contributed by atoms with Gasteiger partial charge >= 0.3 is 0 Å². The summed E-state index contributed by atoms with van der Waals surface area (Å²) in [5.74, 6) is 1.64. The van der Waals surface area contributed by atoms with Gasteiger partial charge in [-0.3, -0.25) is 4.79 Å². The van der Waals surface area contributed by atoms with Crippen LogP contribution in [0.25, 0.3) is 0 Å². The summed E-state index contributed by atoms with van der Waals surface area (Å²) in [5, 5.41) is 2.83. The lowest BCUT2D eigenvalue weighted by Gasteiger charge is -2.16. The number of nitrogens with zero attached hydrogens (tertiary/aromatic N) is 3. The zero-order valence-electron chi connectivity index (χ0n) is 13.1. The van der Waals surface area contributed by atoms with E-state index in [1.165, 1.54) is 6.33 Å². The summed E-state index contributed by atoms with van der Waals surface area (Å²) >= 11 is 0. The van der Waals surface area contributed by atoms with Crippen LogP contribution < -0.4 is 19.7 Å². The molecule has 2 aromatic rings. The first kappa shape index (κ1) is 15.1. The van der Waals surface area contributed by atoms with Gasteiger partial charge in [-0.1, -0.05) is 0 Å². The molecular weight excluding hydrogens is 296 g/mol. The van der Waals surface area contributed by atoms with Crippen molar-refractivity contribution in [2.75, 3.05) is 37.5 Å². The van der Waals surface area contributed by atoms with Crippen molar-refractivity contribution in [3.05, 3.63) is 36.3 Å². The summed E-state index contributed by atoms with van der Waals surface area (Å²) in [4.78, 5) is 22.4. The average Bonchev–Trinajstić information content (AvgIpc) is 2.79. The minimum Gasteiger partial charge on any atom is -0.490 e. The number of fused-ring (bicyclic) bond motifs is 1. The smallest absolute Gasteiger partial charge is 0.255 e. The summed E-state index contributed by atoms with van der Waals surface area (Å²) in [5.41, 5.74) is 1.04. The molecule has 2 heterocycles. The third kappa shape index (κ3) is 3.33. The molecule has 0 saturated carbocycles. The van der Waals surface area contributed by atoms with E-state index in [2.05, 4.69) is 15.3 Å². The number of nitrogens with one attached hydrogen (secondary N) is 1. The zero-order chi connectivity index (χ0) is 16.2. The second-order valence-electron chi connectivity index (χ2n) is 5.32. The Bertz CT molecular complexity index is 718. The molecule has 0 aliphatic carbocycles. The van der Waals surface area contributed by atoms with Crippen LogP contribution in [0.1, 0.15) is 16.8 Å². The Morgan fingerprint density at radius 1 is 1.22 bits per heavy atom. The van der Waals surface area contributed by atoms with Crippen molar-refractivity contribution in [3.63, 3.8) is 0 Å². The molecule has 0 bridgehead atoms. The molecule has 0 spiro atoms. The van der Waals surface area contributed by atoms with Crippen LogP contribution in [-0.4, -0.2) is 43.2 Å². The van der Waals surface area contributed by atoms with Crippen molar-refractivity contribution >= 4 is 17.4 Å². The first-order valence-corrected chi connectivity index (χ1v) is 7.33. The van der Waals surface area contributed by atoms with E-state index >= 15 is 0 Å². The second-order valence-corrected chi connectivity index (χ2v) is 5.32. The Morgan fingerprint density at radius 2 is 2.00 bits per heavy atom. The van der Waals surface area contributed by atoms with Crippen molar-refractivity contribution < 1.29 is 14.3 Å². The maximum atomic E-state index is 12.5. The van der Waals surface area contributed by atoms with E-state index < -0.39 is 0 Å². The van der Waals surface area contributed by atoms with E-state index in [0.717, 1.165) is 6.42 Å². The molecule has 0 unspecified atom stereocenters. The quantitative estimate of drug-likeness (QED) is 0.933. The van der Waals surface area contributed by atoms with Gasteiger partial charge in [0.15, 0.2) is 17.3 Å². The van der Waals surface area contributed by atoms with Gasteiger partial charge in [0, 0.05) is 26.1 Å². The number of carbonyl (C=O) groups excluding carboxylic acids is 1. The topological polar surface area (TPSA) is 76.6 Å².